The van der Waals surface area contributed by atoms with Crippen molar-refractivity contribution in [2.45, 2.75) is 25.3 Å². The van der Waals surface area contributed by atoms with E-state index in [9.17, 15) is 23.1 Å². The Kier molecular flexibility index (Phi) is 7.13. The van der Waals surface area contributed by atoms with Gasteiger partial charge >= 0.3 is 12.3 Å². The normalized spacial score (nSPS) is 12.8. The van der Waals surface area contributed by atoms with E-state index >= 15 is 0 Å². The molecule has 0 saturated carbocycles. The number of aliphatic hydroxyl groups is 2. The first-order valence-electron chi connectivity index (χ1n) is 6.63. The molecule has 0 spiro atoms. The van der Waals surface area contributed by atoms with Crippen molar-refractivity contribution in [2.24, 2.45) is 0 Å². The fraction of sp³-hybridized carbons (Fsp3) is 0.500. The van der Waals surface area contributed by atoms with Crippen molar-refractivity contribution in [2.75, 3.05) is 19.7 Å². The molecule has 1 rings (SSSR count). The minimum absolute atomic E-state index is 0.0859. The number of carbonyl (C=O) groups excluding carboxylic acids is 1. The summed E-state index contributed by atoms with van der Waals surface area (Å²) in [6.45, 7) is -1.82. The highest BCUT2D eigenvalue weighted by molar-refractivity contribution is 5.67. The Bertz CT molecular complexity index is 453. The van der Waals surface area contributed by atoms with Gasteiger partial charge in [0.15, 0.2) is 0 Å². The van der Waals surface area contributed by atoms with Gasteiger partial charge in [0.05, 0.1) is 25.7 Å². The number of halogens is 3. The Morgan fingerprint density at radius 3 is 2.45 bits per heavy atom. The van der Waals surface area contributed by atoms with Gasteiger partial charge in [-0.15, -0.1) is 0 Å². The van der Waals surface area contributed by atoms with E-state index in [1.807, 2.05) is 0 Å². The zero-order valence-electron chi connectivity index (χ0n) is 11.8. The lowest BCUT2D eigenvalue weighted by Crippen LogP contribution is -2.41. The SMILES string of the molecule is O=C(OCc1ccccc1)N(CCC(F)(F)F)C[C@H](O)CO. The van der Waals surface area contributed by atoms with Gasteiger partial charge in [-0.05, 0) is 5.56 Å². The maximum Gasteiger partial charge on any atom is 0.410 e. The lowest BCUT2D eigenvalue weighted by atomic mass is 10.2. The molecule has 0 heterocycles. The van der Waals surface area contributed by atoms with E-state index in [0.717, 1.165) is 4.90 Å². The van der Waals surface area contributed by atoms with E-state index in [1.165, 1.54) is 0 Å². The maximum absolute atomic E-state index is 12.3. The van der Waals surface area contributed by atoms with Crippen LogP contribution in [0.15, 0.2) is 30.3 Å². The molecule has 0 bridgehead atoms. The zero-order chi connectivity index (χ0) is 16.6. The summed E-state index contributed by atoms with van der Waals surface area (Å²) in [7, 11) is 0. The standard InChI is InChI=1S/C14H18F3NO4/c15-14(16,17)6-7-18(8-12(20)9-19)13(21)22-10-11-4-2-1-3-5-11/h1-5,12,19-20H,6-10H2/t12-/m0/s1. The Morgan fingerprint density at radius 1 is 1.27 bits per heavy atom. The van der Waals surface area contributed by atoms with Crippen LogP contribution in [-0.4, -0.2) is 53.2 Å². The van der Waals surface area contributed by atoms with Crippen molar-refractivity contribution >= 4 is 6.09 Å². The third-order valence-corrected chi connectivity index (χ3v) is 2.77. The largest absolute Gasteiger partial charge is 0.445 e. The van der Waals surface area contributed by atoms with Gasteiger partial charge in [0.1, 0.15) is 6.61 Å². The van der Waals surface area contributed by atoms with Gasteiger partial charge in [-0.2, -0.15) is 13.2 Å². The molecule has 0 unspecified atom stereocenters. The van der Waals surface area contributed by atoms with Crippen LogP contribution in [-0.2, 0) is 11.3 Å². The van der Waals surface area contributed by atoms with Gasteiger partial charge in [0, 0.05) is 6.54 Å². The summed E-state index contributed by atoms with van der Waals surface area (Å²) in [5.41, 5.74) is 0.689. The molecule has 22 heavy (non-hydrogen) atoms. The van der Waals surface area contributed by atoms with Crippen molar-refractivity contribution in [1.82, 2.24) is 4.90 Å². The molecule has 5 nitrogen and oxygen atoms in total. The van der Waals surface area contributed by atoms with Crippen LogP contribution in [0.2, 0.25) is 0 Å². The van der Waals surface area contributed by atoms with Crippen molar-refractivity contribution in [3.05, 3.63) is 35.9 Å². The average Bonchev–Trinajstić information content (AvgIpc) is 2.48. The molecule has 0 fully saturated rings. The molecule has 0 radical (unpaired) electrons. The lowest BCUT2D eigenvalue weighted by Gasteiger charge is -2.24. The summed E-state index contributed by atoms with van der Waals surface area (Å²) in [4.78, 5) is 12.6. The summed E-state index contributed by atoms with van der Waals surface area (Å²) in [5, 5.41) is 18.1. The topological polar surface area (TPSA) is 70.0 Å². The van der Waals surface area contributed by atoms with E-state index in [2.05, 4.69) is 0 Å². The van der Waals surface area contributed by atoms with Crippen LogP contribution in [0.3, 0.4) is 0 Å². The molecule has 0 saturated heterocycles. The molecule has 124 valence electrons. The van der Waals surface area contributed by atoms with Crippen LogP contribution in [0.5, 0.6) is 0 Å². The first-order valence-corrected chi connectivity index (χ1v) is 6.63. The van der Waals surface area contributed by atoms with Crippen LogP contribution in [0, 0.1) is 0 Å². The third-order valence-electron chi connectivity index (χ3n) is 2.77. The highest BCUT2D eigenvalue weighted by atomic mass is 19.4. The molecular formula is C14H18F3NO4. The second-order valence-corrected chi connectivity index (χ2v) is 4.69. The summed E-state index contributed by atoms with van der Waals surface area (Å²) in [6.07, 6.45) is -7.94. The number of nitrogens with zero attached hydrogens (tertiary/aromatic N) is 1. The molecule has 1 atom stereocenters. The molecular weight excluding hydrogens is 303 g/mol. The Labute approximate surface area is 125 Å². The van der Waals surface area contributed by atoms with Gasteiger partial charge in [0.25, 0.3) is 0 Å². The van der Waals surface area contributed by atoms with E-state index in [4.69, 9.17) is 9.84 Å². The monoisotopic (exact) mass is 321 g/mol. The van der Waals surface area contributed by atoms with Crippen LogP contribution < -0.4 is 0 Å². The number of hydrogen-bond acceptors (Lipinski definition) is 4. The first-order chi connectivity index (χ1) is 10.3. The van der Waals surface area contributed by atoms with Gasteiger partial charge < -0.3 is 19.8 Å². The number of amides is 1. The molecule has 8 heteroatoms. The van der Waals surface area contributed by atoms with Gasteiger partial charge in [-0.25, -0.2) is 4.79 Å². The van der Waals surface area contributed by atoms with Crippen LogP contribution in [0.4, 0.5) is 18.0 Å². The lowest BCUT2D eigenvalue weighted by molar-refractivity contribution is -0.137. The Hall–Kier alpha value is -1.80. The molecule has 0 aliphatic rings. The number of aliphatic hydroxyl groups excluding tert-OH is 2. The van der Waals surface area contributed by atoms with Crippen molar-refractivity contribution in [3.8, 4) is 0 Å². The van der Waals surface area contributed by atoms with Crippen LogP contribution in [0.1, 0.15) is 12.0 Å². The number of carbonyl (C=O) groups is 1. The fourth-order valence-electron chi connectivity index (χ4n) is 1.64. The van der Waals surface area contributed by atoms with Gasteiger partial charge in [-0.1, -0.05) is 30.3 Å². The Balaban J connectivity index is 2.58. The Morgan fingerprint density at radius 2 is 1.91 bits per heavy atom. The molecule has 0 aromatic heterocycles. The summed E-state index contributed by atoms with van der Waals surface area (Å²) in [5.74, 6) is 0. The quantitative estimate of drug-likeness (QED) is 0.805. The molecule has 1 aromatic carbocycles. The smallest absolute Gasteiger partial charge is 0.410 e. The minimum atomic E-state index is -4.43. The molecule has 1 aromatic rings. The number of rotatable bonds is 7. The van der Waals surface area contributed by atoms with Crippen LogP contribution >= 0.6 is 0 Å². The molecule has 0 aliphatic carbocycles. The number of ether oxygens (including phenoxy) is 1. The molecule has 1 amide bonds. The van der Waals surface area contributed by atoms with Crippen molar-refractivity contribution in [1.29, 1.82) is 0 Å². The van der Waals surface area contributed by atoms with E-state index < -0.39 is 44.5 Å². The number of alkyl halides is 3. The third kappa shape index (κ3) is 7.28. The molecule has 0 aliphatic heterocycles. The van der Waals surface area contributed by atoms with Crippen molar-refractivity contribution in [3.63, 3.8) is 0 Å². The fourth-order valence-corrected chi connectivity index (χ4v) is 1.64. The number of hydrogen-bond donors (Lipinski definition) is 2. The van der Waals surface area contributed by atoms with Gasteiger partial charge in [-0.3, -0.25) is 0 Å². The second-order valence-electron chi connectivity index (χ2n) is 4.69. The predicted molar refractivity (Wildman–Crippen MR) is 72.0 cm³/mol. The van der Waals surface area contributed by atoms with Crippen molar-refractivity contribution < 1.29 is 32.9 Å². The predicted octanol–water partition coefficient (Wildman–Crippen LogP) is 1.93. The minimum Gasteiger partial charge on any atom is -0.445 e. The second kappa shape index (κ2) is 8.60. The first kappa shape index (κ1) is 18.2. The molecule has 2 N–H and O–H groups in total. The van der Waals surface area contributed by atoms with Gasteiger partial charge in [0.2, 0.25) is 0 Å². The number of benzene rings is 1. The maximum atomic E-state index is 12.3. The summed E-state index contributed by atoms with van der Waals surface area (Å²) >= 11 is 0. The zero-order valence-corrected chi connectivity index (χ0v) is 11.8. The highest BCUT2D eigenvalue weighted by Gasteiger charge is 2.30. The summed E-state index contributed by atoms with van der Waals surface area (Å²) in [6, 6.07) is 8.66. The summed E-state index contributed by atoms with van der Waals surface area (Å²) < 4.78 is 41.7. The van der Waals surface area contributed by atoms with E-state index in [-0.39, 0.29) is 6.61 Å². The highest BCUT2D eigenvalue weighted by Crippen LogP contribution is 2.20. The average molecular weight is 321 g/mol. The van der Waals surface area contributed by atoms with E-state index in [0.29, 0.717) is 5.56 Å². The van der Waals surface area contributed by atoms with Crippen LogP contribution in [0.25, 0.3) is 0 Å². The van der Waals surface area contributed by atoms with E-state index in [1.54, 1.807) is 30.3 Å².